The standard InChI is InChI=1S/C35H40N2O6/c1-25(17-28-18-33(40-2)35(42-4)34(19-28)41-3)37(21-26-11-7-5-8-12-26)22-31(39)29-15-16-32(30(20-29)36-24-38)43-23-27-13-9-6-10-14-27/h5-16,18-20,24-25,31,39H,17,21-23H2,1-4H3,(H,36,38). The molecular formula is C35H40N2O6. The first-order valence-electron chi connectivity index (χ1n) is 14.2. The van der Waals surface area contributed by atoms with Crippen molar-refractivity contribution in [1.82, 2.24) is 4.90 Å². The molecule has 1 amide bonds. The van der Waals surface area contributed by atoms with Crippen LogP contribution in [0, 0.1) is 0 Å². The summed E-state index contributed by atoms with van der Waals surface area (Å²) in [4.78, 5) is 13.6. The zero-order chi connectivity index (χ0) is 30.6. The number of hydrogen-bond donors (Lipinski definition) is 2. The maximum Gasteiger partial charge on any atom is 0.211 e. The van der Waals surface area contributed by atoms with Gasteiger partial charge in [0, 0.05) is 19.1 Å². The van der Waals surface area contributed by atoms with E-state index in [0.717, 1.165) is 16.7 Å². The van der Waals surface area contributed by atoms with E-state index in [1.165, 1.54) is 0 Å². The van der Waals surface area contributed by atoms with Crippen molar-refractivity contribution in [2.24, 2.45) is 0 Å². The zero-order valence-corrected chi connectivity index (χ0v) is 25.2. The lowest BCUT2D eigenvalue weighted by atomic mass is 10.0. The lowest BCUT2D eigenvalue weighted by molar-refractivity contribution is -0.105. The highest BCUT2D eigenvalue weighted by molar-refractivity contribution is 5.76. The second-order valence-electron chi connectivity index (χ2n) is 10.3. The number of aliphatic hydroxyl groups is 1. The molecule has 226 valence electrons. The van der Waals surface area contributed by atoms with E-state index < -0.39 is 6.10 Å². The van der Waals surface area contributed by atoms with Crippen LogP contribution in [-0.2, 0) is 24.4 Å². The summed E-state index contributed by atoms with van der Waals surface area (Å²) in [5.74, 6) is 2.28. The lowest BCUT2D eigenvalue weighted by Gasteiger charge is -2.32. The highest BCUT2D eigenvalue weighted by atomic mass is 16.5. The van der Waals surface area contributed by atoms with Crippen LogP contribution in [-0.4, -0.2) is 50.3 Å². The molecule has 0 radical (unpaired) electrons. The molecule has 0 fully saturated rings. The van der Waals surface area contributed by atoms with Crippen molar-refractivity contribution < 1.29 is 28.8 Å². The van der Waals surface area contributed by atoms with Crippen LogP contribution >= 0.6 is 0 Å². The number of rotatable bonds is 16. The monoisotopic (exact) mass is 584 g/mol. The highest BCUT2D eigenvalue weighted by Gasteiger charge is 2.22. The molecule has 4 aromatic carbocycles. The van der Waals surface area contributed by atoms with Gasteiger partial charge in [0.05, 0.1) is 33.1 Å². The van der Waals surface area contributed by atoms with Crippen molar-refractivity contribution in [3.05, 3.63) is 113 Å². The molecule has 2 atom stereocenters. The van der Waals surface area contributed by atoms with Crippen molar-refractivity contribution in [2.75, 3.05) is 33.2 Å². The maximum atomic E-state index is 11.5. The van der Waals surface area contributed by atoms with Crippen LogP contribution in [0.1, 0.15) is 35.3 Å². The molecule has 0 saturated heterocycles. The van der Waals surface area contributed by atoms with Crippen LogP contribution in [0.4, 0.5) is 5.69 Å². The minimum Gasteiger partial charge on any atom is -0.493 e. The molecule has 0 aromatic heterocycles. The van der Waals surface area contributed by atoms with E-state index in [1.54, 1.807) is 33.5 Å². The number of methoxy groups -OCH3 is 3. The summed E-state index contributed by atoms with van der Waals surface area (Å²) in [6.07, 6.45) is 0.476. The smallest absolute Gasteiger partial charge is 0.211 e. The van der Waals surface area contributed by atoms with Gasteiger partial charge in [-0.15, -0.1) is 0 Å². The van der Waals surface area contributed by atoms with Gasteiger partial charge >= 0.3 is 0 Å². The van der Waals surface area contributed by atoms with Gasteiger partial charge in [-0.3, -0.25) is 9.69 Å². The first-order chi connectivity index (χ1) is 20.9. The molecule has 8 nitrogen and oxygen atoms in total. The first-order valence-corrected chi connectivity index (χ1v) is 14.2. The number of ether oxygens (including phenoxy) is 4. The number of nitrogens with one attached hydrogen (secondary N) is 1. The highest BCUT2D eigenvalue weighted by Crippen LogP contribution is 2.39. The summed E-state index contributed by atoms with van der Waals surface area (Å²) in [6.45, 7) is 3.50. The van der Waals surface area contributed by atoms with E-state index in [4.69, 9.17) is 18.9 Å². The van der Waals surface area contributed by atoms with Crippen LogP contribution in [0.3, 0.4) is 0 Å². The summed E-state index contributed by atoms with van der Waals surface area (Å²) in [5.41, 5.74) is 4.35. The topological polar surface area (TPSA) is 89.5 Å². The van der Waals surface area contributed by atoms with E-state index in [0.29, 0.717) is 66.8 Å². The average Bonchev–Trinajstić information content (AvgIpc) is 3.04. The third-order valence-corrected chi connectivity index (χ3v) is 7.35. The van der Waals surface area contributed by atoms with Gasteiger partial charge in [0.2, 0.25) is 12.2 Å². The molecule has 2 N–H and O–H groups in total. The third-order valence-electron chi connectivity index (χ3n) is 7.35. The minimum absolute atomic E-state index is 0.0405. The van der Waals surface area contributed by atoms with E-state index in [-0.39, 0.29) is 6.04 Å². The fraction of sp³-hybridized carbons (Fsp3) is 0.286. The lowest BCUT2D eigenvalue weighted by Crippen LogP contribution is -2.37. The van der Waals surface area contributed by atoms with Gasteiger partial charge in [0.25, 0.3) is 0 Å². The van der Waals surface area contributed by atoms with Gasteiger partial charge in [0.1, 0.15) is 12.4 Å². The van der Waals surface area contributed by atoms with Gasteiger partial charge in [0.15, 0.2) is 11.5 Å². The summed E-state index contributed by atoms with van der Waals surface area (Å²) >= 11 is 0. The molecule has 0 spiro atoms. The van der Waals surface area contributed by atoms with E-state index in [9.17, 15) is 9.90 Å². The second kappa shape index (κ2) is 15.6. The quantitative estimate of drug-likeness (QED) is 0.156. The fourth-order valence-corrected chi connectivity index (χ4v) is 5.06. The Morgan fingerprint density at radius 3 is 2.00 bits per heavy atom. The van der Waals surface area contributed by atoms with Crippen LogP contribution < -0.4 is 24.3 Å². The molecule has 0 aliphatic rings. The Kier molecular flexibility index (Phi) is 11.4. The summed E-state index contributed by atoms with van der Waals surface area (Å²) < 4.78 is 22.6. The Balaban J connectivity index is 1.55. The van der Waals surface area contributed by atoms with Crippen LogP contribution in [0.15, 0.2) is 91.0 Å². The summed E-state index contributed by atoms with van der Waals surface area (Å²) in [6, 6.07) is 29.3. The predicted molar refractivity (Wildman–Crippen MR) is 168 cm³/mol. The Morgan fingerprint density at radius 1 is 0.791 bits per heavy atom. The van der Waals surface area contributed by atoms with Crippen molar-refractivity contribution in [1.29, 1.82) is 0 Å². The predicted octanol–water partition coefficient (Wildman–Crippen LogP) is 6.03. The van der Waals surface area contributed by atoms with Gasteiger partial charge in [-0.2, -0.15) is 0 Å². The molecule has 43 heavy (non-hydrogen) atoms. The van der Waals surface area contributed by atoms with Crippen LogP contribution in [0.5, 0.6) is 23.0 Å². The summed E-state index contributed by atoms with van der Waals surface area (Å²) in [7, 11) is 4.80. The molecule has 8 heteroatoms. The average molecular weight is 585 g/mol. The van der Waals surface area contributed by atoms with E-state index in [2.05, 4.69) is 29.3 Å². The van der Waals surface area contributed by atoms with Crippen molar-refractivity contribution in [2.45, 2.75) is 38.6 Å². The largest absolute Gasteiger partial charge is 0.493 e. The maximum absolute atomic E-state index is 11.5. The van der Waals surface area contributed by atoms with Crippen molar-refractivity contribution >= 4 is 12.1 Å². The molecule has 0 saturated carbocycles. The zero-order valence-electron chi connectivity index (χ0n) is 25.2. The molecular weight excluding hydrogens is 544 g/mol. The van der Waals surface area contributed by atoms with Gasteiger partial charge in [-0.1, -0.05) is 66.7 Å². The number of benzene rings is 4. The van der Waals surface area contributed by atoms with Crippen molar-refractivity contribution in [3.8, 4) is 23.0 Å². The van der Waals surface area contributed by atoms with Crippen LogP contribution in [0.25, 0.3) is 0 Å². The van der Waals surface area contributed by atoms with Gasteiger partial charge < -0.3 is 29.4 Å². The Morgan fingerprint density at radius 2 is 1.42 bits per heavy atom. The Bertz CT molecular complexity index is 1420. The Labute approximate surface area is 253 Å². The second-order valence-corrected chi connectivity index (χ2v) is 10.3. The molecule has 0 bridgehead atoms. The fourth-order valence-electron chi connectivity index (χ4n) is 5.06. The number of amides is 1. The number of carbonyl (C=O) groups is 1. The minimum atomic E-state index is -0.818. The van der Waals surface area contributed by atoms with Gasteiger partial charge in [-0.25, -0.2) is 0 Å². The van der Waals surface area contributed by atoms with Gasteiger partial charge in [-0.05, 0) is 59.9 Å². The van der Waals surface area contributed by atoms with E-state index >= 15 is 0 Å². The SMILES string of the molecule is COc1cc(CC(C)N(Cc2ccccc2)CC(O)c2ccc(OCc3ccccc3)c(NC=O)c2)cc(OC)c1OC. The number of nitrogens with zero attached hydrogens (tertiary/aromatic N) is 1. The van der Waals surface area contributed by atoms with E-state index in [1.807, 2.05) is 66.7 Å². The number of hydrogen-bond acceptors (Lipinski definition) is 7. The number of anilines is 1. The molecule has 4 aromatic rings. The third kappa shape index (κ3) is 8.50. The molecule has 0 heterocycles. The molecule has 0 aliphatic heterocycles. The molecule has 0 aliphatic carbocycles. The van der Waals surface area contributed by atoms with Crippen molar-refractivity contribution in [3.63, 3.8) is 0 Å². The Hall–Kier alpha value is -4.53. The molecule has 2 unspecified atom stereocenters. The summed E-state index contributed by atoms with van der Waals surface area (Å²) in [5, 5.41) is 14.2. The number of aliphatic hydroxyl groups excluding tert-OH is 1. The number of carbonyl (C=O) groups excluding carboxylic acids is 1. The molecule has 4 rings (SSSR count). The normalized spacial score (nSPS) is 12.3. The van der Waals surface area contributed by atoms with Crippen LogP contribution in [0.2, 0.25) is 0 Å². The first kappa shape index (κ1) is 31.4.